The van der Waals surface area contributed by atoms with Crippen molar-refractivity contribution in [3.63, 3.8) is 0 Å². The average molecular weight is 569 g/mol. The standard InChI is InChI=1S/C35H40N2O3S/c1-3-4-5-12-25-37(35(38)36-32-13-8-6-9-14-32)27-30-21-23-31(24-22-30)34(26-29-19-17-28(2)18-20-29)41(39,40)33-15-10-7-11-16-33/h6-11,13-24,34H,3-5,12,25-27H2,1-2H3,(H,36,38). The van der Waals surface area contributed by atoms with E-state index in [1.54, 1.807) is 24.3 Å². The summed E-state index contributed by atoms with van der Waals surface area (Å²) in [7, 11) is -3.64. The van der Waals surface area contributed by atoms with Crippen molar-refractivity contribution < 1.29 is 13.2 Å². The molecule has 0 aliphatic carbocycles. The van der Waals surface area contributed by atoms with Gasteiger partial charge in [-0.05, 0) is 60.7 Å². The third-order valence-electron chi connectivity index (χ3n) is 7.31. The maximum Gasteiger partial charge on any atom is 0.322 e. The van der Waals surface area contributed by atoms with Gasteiger partial charge in [-0.3, -0.25) is 0 Å². The quantitative estimate of drug-likeness (QED) is 0.165. The van der Waals surface area contributed by atoms with Gasteiger partial charge in [0.1, 0.15) is 0 Å². The number of nitrogens with zero attached hydrogens (tertiary/aromatic N) is 1. The van der Waals surface area contributed by atoms with E-state index in [1.807, 2.05) is 96.8 Å². The van der Waals surface area contributed by atoms with Gasteiger partial charge in [-0.2, -0.15) is 0 Å². The maximum absolute atomic E-state index is 13.8. The Kier molecular flexibility index (Phi) is 10.7. The van der Waals surface area contributed by atoms with Crippen LogP contribution in [-0.4, -0.2) is 25.9 Å². The van der Waals surface area contributed by atoms with Crippen molar-refractivity contribution in [3.05, 3.63) is 131 Å². The van der Waals surface area contributed by atoms with Crippen LogP contribution in [0, 0.1) is 6.92 Å². The van der Waals surface area contributed by atoms with E-state index in [1.165, 1.54) is 0 Å². The van der Waals surface area contributed by atoms with Crippen molar-refractivity contribution in [1.29, 1.82) is 0 Å². The summed E-state index contributed by atoms with van der Waals surface area (Å²) in [4.78, 5) is 15.4. The van der Waals surface area contributed by atoms with Crippen LogP contribution in [0.2, 0.25) is 0 Å². The number of nitrogens with one attached hydrogen (secondary N) is 1. The second kappa shape index (κ2) is 14.6. The molecule has 6 heteroatoms. The number of unbranched alkanes of at least 4 members (excludes halogenated alkanes) is 3. The number of rotatable bonds is 13. The van der Waals surface area contributed by atoms with E-state index in [4.69, 9.17) is 0 Å². The molecule has 41 heavy (non-hydrogen) atoms. The van der Waals surface area contributed by atoms with Gasteiger partial charge in [0.05, 0.1) is 10.1 Å². The number of aryl methyl sites for hydroxylation is 1. The second-order valence-electron chi connectivity index (χ2n) is 10.6. The highest BCUT2D eigenvalue weighted by molar-refractivity contribution is 7.91. The molecule has 0 aliphatic heterocycles. The zero-order valence-corrected chi connectivity index (χ0v) is 24.8. The summed E-state index contributed by atoms with van der Waals surface area (Å²) in [6, 6.07) is 33.7. The highest BCUT2D eigenvalue weighted by Crippen LogP contribution is 2.32. The monoisotopic (exact) mass is 568 g/mol. The molecule has 4 aromatic carbocycles. The van der Waals surface area contributed by atoms with E-state index in [-0.39, 0.29) is 6.03 Å². The molecular weight excluding hydrogens is 528 g/mol. The molecule has 1 unspecified atom stereocenters. The number of anilines is 1. The minimum absolute atomic E-state index is 0.138. The van der Waals surface area contributed by atoms with Crippen LogP contribution in [0.3, 0.4) is 0 Å². The first-order chi connectivity index (χ1) is 19.9. The number of hydrogen-bond donors (Lipinski definition) is 1. The van der Waals surface area contributed by atoms with Crippen molar-refractivity contribution in [2.45, 2.75) is 62.6 Å². The lowest BCUT2D eigenvalue weighted by atomic mass is 10.0. The largest absolute Gasteiger partial charge is 0.322 e. The van der Waals surface area contributed by atoms with Crippen molar-refractivity contribution in [2.24, 2.45) is 0 Å². The topological polar surface area (TPSA) is 66.5 Å². The minimum atomic E-state index is -3.64. The molecule has 0 fully saturated rings. The Balaban J connectivity index is 1.57. The summed E-state index contributed by atoms with van der Waals surface area (Å²) in [5.41, 5.74) is 4.56. The second-order valence-corrected chi connectivity index (χ2v) is 12.7. The highest BCUT2D eigenvalue weighted by atomic mass is 32.2. The van der Waals surface area contributed by atoms with Crippen LogP contribution < -0.4 is 5.32 Å². The molecule has 0 saturated heterocycles. The molecule has 0 saturated carbocycles. The number of para-hydroxylation sites is 1. The van der Waals surface area contributed by atoms with Crippen molar-refractivity contribution in [3.8, 4) is 0 Å². The SMILES string of the molecule is CCCCCCN(Cc1ccc(C(Cc2ccc(C)cc2)S(=O)(=O)c2ccccc2)cc1)C(=O)Nc1ccccc1. The number of amides is 2. The molecule has 5 nitrogen and oxygen atoms in total. The zero-order chi connectivity index (χ0) is 29.1. The normalized spacial score (nSPS) is 12.0. The summed E-state index contributed by atoms with van der Waals surface area (Å²) in [6.07, 6.45) is 4.65. The van der Waals surface area contributed by atoms with Crippen LogP contribution in [0.15, 0.2) is 114 Å². The molecule has 0 radical (unpaired) electrons. The summed E-state index contributed by atoms with van der Waals surface area (Å²) in [5, 5.41) is 2.28. The number of benzene rings is 4. The maximum atomic E-state index is 13.8. The van der Waals surface area contributed by atoms with Crippen molar-refractivity contribution >= 4 is 21.6 Å². The Hall–Kier alpha value is -3.90. The van der Waals surface area contributed by atoms with Gasteiger partial charge in [-0.25, -0.2) is 13.2 Å². The number of carbonyl (C=O) groups excluding carboxylic acids is 1. The molecule has 214 valence electrons. The summed E-state index contributed by atoms with van der Waals surface area (Å²) in [5.74, 6) is 0. The Labute approximate surface area is 245 Å². The molecule has 0 aliphatic rings. The Morgan fingerprint density at radius 3 is 2.00 bits per heavy atom. The Morgan fingerprint density at radius 1 is 0.756 bits per heavy atom. The van der Waals surface area contributed by atoms with Gasteiger partial charge in [0.2, 0.25) is 0 Å². The highest BCUT2D eigenvalue weighted by Gasteiger charge is 2.29. The molecule has 1 N–H and O–H groups in total. The lowest BCUT2D eigenvalue weighted by Gasteiger charge is -2.24. The van der Waals surface area contributed by atoms with E-state index in [9.17, 15) is 13.2 Å². The lowest BCUT2D eigenvalue weighted by molar-refractivity contribution is 0.207. The summed E-state index contributed by atoms with van der Waals surface area (Å²) in [6.45, 7) is 5.29. The average Bonchev–Trinajstić information content (AvgIpc) is 2.99. The minimum Gasteiger partial charge on any atom is -0.320 e. The number of hydrogen-bond acceptors (Lipinski definition) is 3. The van der Waals surface area contributed by atoms with Crippen LogP contribution in [-0.2, 0) is 22.8 Å². The molecule has 2 amide bonds. The van der Waals surface area contributed by atoms with Gasteiger partial charge in [0.25, 0.3) is 0 Å². The van der Waals surface area contributed by atoms with E-state index in [2.05, 4.69) is 12.2 Å². The van der Waals surface area contributed by atoms with Crippen molar-refractivity contribution in [1.82, 2.24) is 4.90 Å². The summed E-state index contributed by atoms with van der Waals surface area (Å²) >= 11 is 0. The zero-order valence-electron chi connectivity index (χ0n) is 24.0. The third-order valence-corrected chi connectivity index (χ3v) is 9.42. The predicted molar refractivity (Wildman–Crippen MR) is 168 cm³/mol. The van der Waals surface area contributed by atoms with Crippen LogP contribution in [0.4, 0.5) is 10.5 Å². The molecule has 0 bridgehead atoms. The molecule has 4 rings (SSSR count). The van der Waals surface area contributed by atoms with E-state index in [0.717, 1.165) is 53.6 Å². The van der Waals surface area contributed by atoms with Gasteiger partial charge < -0.3 is 10.2 Å². The number of sulfone groups is 1. The predicted octanol–water partition coefficient (Wildman–Crippen LogP) is 8.37. The number of urea groups is 1. The Bertz CT molecular complexity index is 1470. The molecular formula is C35H40N2O3S. The molecule has 0 aromatic heterocycles. The summed E-state index contributed by atoms with van der Waals surface area (Å²) < 4.78 is 27.7. The van der Waals surface area contributed by atoms with E-state index >= 15 is 0 Å². The van der Waals surface area contributed by atoms with Gasteiger partial charge >= 0.3 is 6.03 Å². The molecule has 0 spiro atoms. The Morgan fingerprint density at radius 2 is 1.37 bits per heavy atom. The van der Waals surface area contributed by atoms with Gasteiger partial charge in [0.15, 0.2) is 9.84 Å². The first-order valence-corrected chi connectivity index (χ1v) is 16.0. The van der Waals surface area contributed by atoms with Crippen LogP contribution in [0.5, 0.6) is 0 Å². The number of carbonyl (C=O) groups is 1. The van der Waals surface area contributed by atoms with Gasteiger partial charge in [-0.1, -0.05) is 117 Å². The fourth-order valence-electron chi connectivity index (χ4n) is 4.88. The third kappa shape index (κ3) is 8.54. The van der Waals surface area contributed by atoms with Gasteiger partial charge in [0, 0.05) is 18.8 Å². The first kappa shape index (κ1) is 30.1. The first-order valence-electron chi connectivity index (χ1n) is 14.4. The van der Waals surface area contributed by atoms with Crippen molar-refractivity contribution in [2.75, 3.05) is 11.9 Å². The van der Waals surface area contributed by atoms with E-state index in [0.29, 0.717) is 24.4 Å². The molecule has 1 atom stereocenters. The van der Waals surface area contributed by atoms with E-state index < -0.39 is 15.1 Å². The fraction of sp³-hybridized carbons (Fsp3) is 0.286. The lowest BCUT2D eigenvalue weighted by Crippen LogP contribution is -2.35. The van der Waals surface area contributed by atoms with Crippen LogP contribution >= 0.6 is 0 Å². The van der Waals surface area contributed by atoms with Gasteiger partial charge in [-0.15, -0.1) is 0 Å². The fourth-order valence-corrected chi connectivity index (χ4v) is 6.68. The van der Waals surface area contributed by atoms with Crippen LogP contribution in [0.1, 0.15) is 60.1 Å². The molecule has 0 heterocycles. The molecule has 4 aromatic rings. The smallest absolute Gasteiger partial charge is 0.320 e. The van der Waals surface area contributed by atoms with Crippen LogP contribution in [0.25, 0.3) is 0 Å².